The molecule has 0 bridgehead atoms. The maximum atomic E-state index is 12.0. The van der Waals surface area contributed by atoms with Crippen molar-refractivity contribution in [2.75, 3.05) is 33.7 Å². The smallest absolute Gasteiger partial charge is 0.338 e. The van der Waals surface area contributed by atoms with Gasteiger partial charge in [0.2, 0.25) is 0 Å². The third-order valence-electron chi connectivity index (χ3n) is 4.11. The molecule has 2 aromatic carbocycles. The molecule has 0 aromatic heterocycles. The number of esters is 1. The Morgan fingerprint density at radius 2 is 1.61 bits per heavy atom. The highest BCUT2D eigenvalue weighted by molar-refractivity contribution is 5.92. The lowest BCUT2D eigenvalue weighted by atomic mass is 10.1. The second-order valence-corrected chi connectivity index (χ2v) is 5.94. The summed E-state index contributed by atoms with van der Waals surface area (Å²) in [6, 6.07) is 8.21. The van der Waals surface area contributed by atoms with Gasteiger partial charge in [-0.3, -0.25) is 4.79 Å². The first kappa shape index (κ1) is 20.9. The van der Waals surface area contributed by atoms with Crippen LogP contribution in [0.3, 0.4) is 0 Å². The Morgan fingerprint density at radius 3 is 2.21 bits per heavy atom. The molecule has 0 radical (unpaired) electrons. The minimum Gasteiger partial charge on any atom is -0.496 e. The number of hydrogen-bond acceptors (Lipinski definition) is 7. The van der Waals surface area contributed by atoms with Crippen LogP contribution >= 0.6 is 0 Å². The first-order valence-electron chi connectivity index (χ1n) is 8.48. The molecule has 0 fully saturated rings. The summed E-state index contributed by atoms with van der Waals surface area (Å²) in [4.78, 5) is 24.1. The summed E-state index contributed by atoms with van der Waals surface area (Å²) >= 11 is 0. The predicted octanol–water partition coefficient (Wildman–Crippen LogP) is 2.08. The van der Waals surface area contributed by atoms with Gasteiger partial charge >= 0.3 is 5.97 Å². The molecule has 150 valence electrons. The number of nitrogens with two attached hydrogens (primary N) is 1. The minimum absolute atomic E-state index is 0.164. The van der Waals surface area contributed by atoms with Gasteiger partial charge in [-0.15, -0.1) is 0 Å². The number of carbonyl (C=O) groups is 2. The van der Waals surface area contributed by atoms with Gasteiger partial charge in [0, 0.05) is 23.9 Å². The Kier molecular flexibility index (Phi) is 7.08. The lowest BCUT2D eigenvalue weighted by Gasteiger charge is -2.14. The topological polar surface area (TPSA) is 109 Å². The van der Waals surface area contributed by atoms with E-state index in [1.54, 1.807) is 24.3 Å². The van der Waals surface area contributed by atoms with Gasteiger partial charge < -0.3 is 30.0 Å². The van der Waals surface area contributed by atoms with E-state index in [-0.39, 0.29) is 12.1 Å². The molecule has 8 nitrogen and oxygen atoms in total. The number of nitrogen functional groups attached to an aromatic ring is 1. The first-order valence-corrected chi connectivity index (χ1v) is 8.48. The van der Waals surface area contributed by atoms with Gasteiger partial charge in [-0.1, -0.05) is 6.07 Å². The molecule has 0 aliphatic heterocycles. The van der Waals surface area contributed by atoms with Gasteiger partial charge in [0.05, 0.1) is 26.9 Å². The molecular formula is C20H24N2O6. The van der Waals surface area contributed by atoms with Crippen LogP contribution in [-0.2, 0) is 16.1 Å². The fraction of sp³-hybridized carbons (Fsp3) is 0.300. The third kappa shape index (κ3) is 5.06. The number of carbonyl (C=O) groups excluding carboxylic acids is 2. The van der Waals surface area contributed by atoms with Gasteiger partial charge in [-0.05, 0) is 30.7 Å². The van der Waals surface area contributed by atoms with Crippen LogP contribution in [0.4, 0.5) is 5.69 Å². The Hall–Kier alpha value is -3.42. The van der Waals surface area contributed by atoms with Crippen LogP contribution < -0.4 is 25.3 Å². The van der Waals surface area contributed by atoms with Crippen molar-refractivity contribution in [3.05, 3.63) is 47.0 Å². The predicted molar refractivity (Wildman–Crippen MR) is 104 cm³/mol. The summed E-state index contributed by atoms with van der Waals surface area (Å²) in [5.41, 5.74) is 8.10. The molecule has 1 amide bonds. The SMILES string of the molecule is COc1cc(OC)c(OC)cc1CNC(=O)COC(=O)c1ccc(C)c(N)c1. The number of rotatable bonds is 8. The zero-order valence-corrected chi connectivity index (χ0v) is 16.3. The van der Waals surface area contributed by atoms with Crippen LogP contribution in [0.25, 0.3) is 0 Å². The number of aryl methyl sites for hydroxylation is 1. The number of anilines is 1. The molecule has 0 aliphatic carbocycles. The number of benzene rings is 2. The van der Waals surface area contributed by atoms with Crippen molar-refractivity contribution in [2.45, 2.75) is 13.5 Å². The third-order valence-corrected chi connectivity index (χ3v) is 4.11. The molecule has 0 unspecified atom stereocenters. The quantitative estimate of drug-likeness (QED) is 0.526. The van der Waals surface area contributed by atoms with Crippen molar-refractivity contribution < 1.29 is 28.5 Å². The highest BCUT2D eigenvalue weighted by atomic mass is 16.5. The average molecular weight is 388 g/mol. The number of ether oxygens (including phenoxy) is 4. The van der Waals surface area contributed by atoms with Gasteiger partial charge in [0.25, 0.3) is 5.91 Å². The molecule has 0 saturated carbocycles. The Balaban J connectivity index is 1.95. The Labute approximate surface area is 163 Å². The van der Waals surface area contributed by atoms with Crippen molar-refractivity contribution in [1.82, 2.24) is 5.32 Å². The standard InChI is InChI=1S/C20H24N2O6/c1-12-5-6-13(7-15(12)21)20(24)28-11-19(23)22-10-14-8-17(26-3)18(27-4)9-16(14)25-2/h5-9H,10-11,21H2,1-4H3,(H,22,23). The molecule has 0 heterocycles. The fourth-order valence-electron chi connectivity index (χ4n) is 2.46. The van der Waals surface area contributed by atoms with Crippen LogP contribution in [0.5, 0.6) is 17.2 Å². The van der Waals surface area contributed by atoms with E-state index in [0.29, 0.717) is 28.5 Å². The molecule has 0 atom stereocenters. The van der Waals surface area contributed by atoms with Gasteiger partial charge in [-0.2, -0.15) is 0 Å². The van der Waals surface area contributed by atoms with Crippen molar-refractivity contribution in [2.24, 2.45) is 0 Å². The fourth-order valence-corrected chi connectivity index (χ4v) is 2.46. The van der Waals surface area contributed by atoms with Gasteiger partial charge in [-0.25, -0.2) is 4.79 Å². The van der Waals surface area contributed by atoms with E-state index in [9.17, 15) is 9.59 Å². The molecule has 0 spiro atoms. The van der Waals surface area contributed by atoms with E-state index in [2.05, 4.69) is 5.32 Å². The number of nitrogens with one attached hydrogen (secondary N) is 1. The van der Waals surface area contributed by atoms with Crippen molar-refractivity contribution >= 4 is 17.6 Å². The molecule has 2 rings (SSSR count). The average Bonchev–Trinajstić information content (AvgIpc) is 2.71. The second-order valence-electron chi connectivity index (χ2n) is 5.94. The van der Waals surface area contributed by atoms with Crippen LogP contribution in [-0.4, -0.2) is 39.8 Å². The van der Waals surface area contributed by atoms with E-state index >= 15 is 0 Å². The molecule has 0 aliphatic rings. The molecular weight excluding hydrogens is 364 g/mol. The molecule has 28 heavy (non-hydrogen) atoms. The summed E-state index contributed by atoms with van der Waals surface area (Å²) in [6.45, 7) is 1.58. The lowest BCUT2D eigenvalue weighted by Crippen LogP contribution is -2.28. The van der Waals surface area contributed by atoms with Gasteiger partial charge in [0.15, 0.2) is 18.1 Å². The van der Waals surface area contributed by atoms with E-state index in [1.165, 1.54) is 27.4 Å². The summed E-state index contributed by atoms with van der Waals surface area (Å²) < 4.78 is 20.8. The van der Waals surface area contributed by atoms with E-state index in [1.807, 2.05) is 6.92 Å². The monoisotopic (exact) mass is 388 g/mol. The van der Waals surface area contributed by atoms with E-state index in [4.69, 9.17) is 24.7 Å². The number of hydrogen-bond donors (Lipinski definition) is 2. The lowest BCUT2D eigenvalue weighted by molar-refractivity contribution is -0.124. The zero-order valence-electron chi connectivity index (χ0n) is 16.3. The van der Waals surface area contributed by atoms with E-state index < -0.39 is 18.5 Å². The Morgan fingerprint density at radius 1 is 0.964 bits per heavy atom. The number of methoxy groups -OCH3 is 3. The van der Waals surface area contributed by atoms with Crippen LogP contribution in [0.2, 0.25) is 0 Å². The van der Waals surface area contributed by atoms with Crippen LogP contribution in [0.1, 0.15) is 21.5 Å². The largest absolute Gasteiger partial charge is 0.496 e. The van der Waals surface area contributed by atoms with Crippen molar-refractivity contribution in [3.8, 4) is 17.2 Å². The van der Waals surface area contributed by atoms with Crippen LogP contribution in [0.15, 0.2) is 30.3 Å². The minimum atomic E-state index is -0.620. The highest BCUT2D eigenvalue weighted by Crippen LogP contribution is 2.34. The maximum Gasteiger partial charge on any atom is 0.338 e. The molecule has 0 saturated heterocycles. The van der Waals surface area contributed by atoms with Gasteiger partial charge in [0.1, 0.15) is 5.75 Å². The summed E-state index contributed by atoms with van der Waals surface area (Å²) in [6.07, 6.45) is 0. The highest BCUT2D eigenvalue weighted by Gasteiger charge is 2.14. The molecule has 2 aromatic rings. The van der Waals surface area contributed by atoms with Crippen molar-refractivity contribution in [3.63, 3.8) is 0 Å². The molecule has 8 heteroatoms. The summed E-state index contributed by atoms with van der Waals surface area (Å²) in [5, 5.41) is 2.67. The van der Waals surface area contributed by atoms with E-state index in [0.717, 1.165) is 5.56 Å². The van der Waals surface area contributed by atoms with Crippen LogP contribution in [0, 0.1) is 6.92 Å². The maximum absolute atomic E-state index is 12.0. The summed E-state index contributed by atoms with van der Waals surface area (Å²) in [7, 11) is 4.56. The Bertz CT molecular complexity index is 866. The second kappa shape index (κ2) is 9.50. The normalized spacial score (nSPS) is 10.1. The molecule has 3 N–H and O–H groups in total. The number of amides is 1. The van der Waals surface area contributed by atoms with Crippen molar-refractivity contribution in [1.29, 1.82) is 0 Å². The zero-order chi connectivity index (χ0) is 20.7. The first-order chi connectivity index (χ1) is 13.4. The summed E-state index contributed by atoms with van der Waals surface area (Å²) in [5.74, 6) is 0.484.